The standard InChI is InChI=1S/C29H20FN5O2/c1-2-27(36)34-22-7-5-6-18(13-22)24-14-20(12-21-16-31-17-33-28(21)24)23-10-9-19(15-25(23)30)29(37)35-26-8-3-4-11-32-26/h2-17H,1H2,(H,34,36)(H,32,35,37). The summed E-state index contributed by atoms with van der Waals surface area (Å²) in [6.45, 7) is 3.48. The number of nitrogens with one attached hydrogen (secondary N) is 2. The fraction of sp³-hybridized carbons (Fsp3) is 0. The highest BCUT2D eigenvalue weighted by Gasteiger charge is 2.15. The van der Waals surface area contributed by atoms with E-state index in [1.807, 2.05) is 24.3 Å². The fourth-order valence-corrected chi connectivity index (χ4v) is 3.95. The second kappa shape index (κ2) is 10.2. The van der Waals surface area contributed by atoms with Gasteiger partial charge in [-0.1, -0.05) is 30.8 Å². The first-order valence-electron chi connectivity index (χ1n) is 11.3. The van der Waals surface area contributed by atoms with Crippen LogP contribution in [-0.2, 0) is 4.79 Å². The summed E-state index contributed by atoms with van der Waals surface area (Å²) in [6, 6.07) is 20.4. The zero-order chi connectivity index (χ0) is 25.8. The molecule has 5 rings (SSSR count). The molecular weight excluding hydrogens is 469 g/mol. The van der Waals surface area contributed by atoms with Crippen molar-refractivity contribution >= 4 is 34.2 Å². The highest BCUT2D eigenvalue weighted by Crippen LogP contribution is 2.35. The first kappa shape index (κ1) is 23.5. The average Bonchev–Trinajstić information content (AvgIpc) is 2.93. The molecule has 0 spiro atoms. The third-order valence-corrected chi connectivity index (χ3v) is 5.68. The average molecular weight is 490 g/mol. The number of carbonyl (C=O) groups excluding carboxylic acids is 2. The number of benzene rings is 3. The van der Waals surface area contributed by atoms with Crippen LogP contribution in [0, 0.1) is 5.82 Å². The van der Waals surface area contributed by atoms with Gasteiger partial charge in [0.15, 0.2) is 0 Å². The number of fused-ring (bicyclic) bond motifs is 1. The maximum absolute atomic E-state index is 15.3. The van der Waals surface area contributed by atoms with E-state index in [-0.39, 0.29) is 11.5 Å². The Morgan fingerprint density at radius 1 is 0.865 bits per heavy atom. The number of hydrogen-bond donors (Lipinski definition) is 2. The summed E-state index contributed by atoms with van der Waals surface area (Å²) in [6.07, 6.45) is 5.86. The van der Waals surface area contributed by atoms with Gasteiger partial charge in [-0.15, -0.1) is 0 Å². The molecule has 7 nitrogen and oxygen atoms in total. The van der Waals surface area contributed by atoms with Crippen LogP contribution in [0.25, 0.3) is 33.2 Å². The predicted octanol–water partition coefficient (Wildman–Crippen LogP) is 5.87. The van der Waals surface area contributed by atoms with E-state index in [1.165, 1.54) is 18.5 Å². The van der Waals surface area contributed by atoms with Gasteiger partial charge in [-0.3, -0.25) is 9.59 Å². The molecule has 0 fully saturated rings. The van der Waals surface area contributed by atoms with Crippen molar-refractivity contribution in [2.75, 3.05) is 10.6 Å². The normalized spacial score (nSPS) is 10.6. The number of amides is 2. The SMILES string of the molecule is C=CC(=O)Nc1cccc(-c2cc(-c3ccc(C(=O)Nc4ccccn4)cc3F)cc3cncnc23)c1. The molecule has 2 N–H and O–H groups in total. The molecule has 0 radical (unpaired) electrons. The number of aromatic nitrogens is 3. The summed E-state index contributed by atoms with van der Waals surface area (Å²) in [7, 11) is 0. The molecule has 0 aliphatic heterocycles. The van der Waals surface area contributed by atoms with Crippen LogP contribution in [0.2, 0.25) is 0 Å². The van der Waals surface area contributed by atoms with Gasteiger partial charge in [0.05, 0.1) is 5.52 Å². The molecule has 180 valence electrons. The van der Waals surface area contributed by atoms with E-state index in [9.17, 15) is 9.59 Å². The van der Waals surface area contributed by atoms with Gasteiger partial charge in [0.1, 0.15) is 18.0 Å². The summed E-state index contributed by atoms with van der Waals surface area (Å²) in [5.41, 5.74) is 3.86. The number of anilines is 2. The largest absolute Gasteiger partial charge is 0.323 e. The molecule has 0 aliphatic carbocycles. The quantitative estimate of drug-likeness (QED) is 0.291. The van der Waals surface area contributed by atoms with E-state index >= 15 is 4.39 Å². The minimum Gasteiger partial charge on any atom is -0.323 e. The van der Waals surface area contributed by atoms with Gasteiger partial charge in [0, 0.05) is 40.2 Å². The predicted molar refractivity (Wildman–Crippen MR) is 141 cm³/mol. The van der Waals surface area contributed by atoms with Gasteiger partial charge in [-0.2, -0.15) is 0 Å². The molecule has 3 aromatic carbocycles. The van der Waals surface area contributed by atoms with Crippen molar-refractivity contribution in [1.82, 2.24) is 15.0 Å². The Hall–Kier alpha value is -5.24. The van der Waals surface area contributed by atoms with Crippen molar-refractivity contribution in [1.29, 1.82) is 0 Å². The first-order valence-corrected chi connectivity index (χ1v) is 11.3. The maximum atomic E-state index is 15.3. The Bertz CT molecular complexity index is 1650. The summed E-state index contributed by atoms with van der Waals surface area (Å²) < 4.78 is 15.3. The Balaban J connectivity index is 1.54. The van der Waals surface area contributed by atoms with Crippen LogP contribution in [0.4, 0.5) is 15.9 Å². The van der Waals surface area contributed by atoms with E-state index in [2.05, 4.69) is 32.2 Å². The molecule has 2 heterocycles. The topological polar surface area (TPSA) is 96.9 Å². The second-order valence-electron chi connectivity index (χ2n) is 8.12. The van der Waals surface area contributed by atoms with E-state index < -0.39 is 11.7 Å². The number of nitrogens with zero attached hydrogens (tertiary/aromatic N) is 3. The highest BCUT2D eigenvalue weighted by molar-refractivity contribution is 6.04. The molecular formula is C29H20FN5O2. The molecule has 5 aromatic rings. The lowest BCUT2D eigenvalue weighted by molar-refractivity contribution is -0.111. The number of hydrogen-bond acceptors (Lipinski definition) is 5. The smallest absolute Gasteiger partial charge is 0.256 e. The van der Waals surface area contributed by atoms with E-state index in [1.54, 1.807) is 54.9 Å². The minimum absolute atomic E-state index is 0.168. The minimum atomic E-state index is -0.553. The monoisotopic (exact) mass is 489 g/mol. The van der Waals surface area contributed by atoms with Crippen LogP contribution in [0.5, 0.6) is 0 Å². The van der Waals surface area contributed by atoms with E-state index in [4.69, 9.17) is 0 Å². The molecule has 8 heteroatoms. The number of rotatable bonds is 6. The summed E-state index contributed by atoms with van der Waals surface area (Å²) in [5.74, 6) is -0.965. The van der Waals surface area contributed by atoms with E-state index in [0.717, 1.165) is 11.1 Å². The first-order chi connectivity index (χ1) is 18.0. The molecule has 0 saturated carbocycles. The zero-order valence-corrected chi connectivity index (χ0v) is 19.5. The molecule has 37 heavy (non-hydrogen) atoms. The lowest BCUT2D eigenvalue weighted by Gasteiger charge is -2.13. The van der Waals surface area contributed by atoms with Crippen LogP contribution in [0.15, 0.2) is 104 Å². The number of carbonyl (C=O) groups is 2. The zero-order valence-electron chi connectivity index (χ0n) is 19.5. The Kier molecular flexibility index (Phi) is 6.46. The number of halogens is 1. The molecule has 0 saturated heterocycles. The van der Waals surface area contributed by atoms with Crippen molar-refractivity contribution in [2.24, 2.45) is 0 Å². The molecule has 0 aliphatic rings. The number of pyridine rings is 1. The Morgan fingerprint density at radius 3 is 2.54 bits per heavy atom. The third kappa shape index (κ3) is 5.08. The van der Waals surface area contributed by atoms with Crippen LogP contribution in [-0.4, -0.2) is 26.8 Å². The summed E-state index contributed by atoms with van der Waals surface area (Å²) in [5, 5.41) is 6.12. The lowest BCUT2D eigenvalue weighted by Crippen LogP contribution is -2.13. The summed E-state index contributed by atoms with van der Waals surface area (Å²) >= 11 is 0. The van der Waals surface area contributed by atoms with Crippen LogP contribution < -0.4 is 10.6 Å². The molecule has 0 atom stereocenters. The van der Waals surface area contributed by atoms with Crippen LogP contribution in [0.1, 0.15) is 10.4 Å². The van der Waals surface area contributed by atoms with Crippen molar-refractivity contribution in [3.8, 4) is 22.3 Å². The molecule has 0 bridgehead atoms. The molecule has 2 aromatic heterocycles. The van der Waals surface area contributed by atoms with Gasteiger partial charge >= 0.3 is 0 Å². The van der Waals surface area contributed by atoms with Crippen molar-refractivity contribution in [3.05, 3.63) is 116 Å². The van der Waals surface area contributed by atoms with Gasteiger partial charge < -0.3 is 10.6 Å². The van der Waals surface area contributed by atoms with Gasteiger partial charge in [-0.05, 0) is 65.7 Å². The van der Waals surface area contributed by atoms with E-state index in [0.29, 0.717) is 33.5 Å². The Morgan fingerprint density at radius 2 is 1.76 bits per heavy atom. The lowest BCUT2D eigenvalue weighted by atomic mass is 9.95. The maximum Gasteiger partial charge on any atom is 0.256 e. The molecule has 0 unspecified atom stereocenters. The Labute approximate surface area is 211 Å². The van der Waals surface area contributed by atoms with Crippen molar-refractivity contribution in [3.63, 3.8) is 0 Å². The van der Waals surface area contributed by atoms with Gasteiger partial charge in [0.2, 0.25) is 5.91 Å². The van der Waals surface area contributed by atoms with Crippen molar-refractivity contribution < 1.29 is 14.0 Å². The van der Waals surface area contributed by atoms with Gasteiger partial charge in [-0.25, -0.2) is 19.3 Å². The molecule has 2 amide bonds. The summed E-state index contributed by atoms with van der Waals surface area (Å²) in [4.78, 5) is 37.0. The van der Waals surface area contributed by atoms with Crippen LogP contribution >= 0.6 is 0 Å². The van der Waals surface area contributed by atoms with Crippen LogP contribution in [0.3, 0.4) is 0 Å². The third-order valence-electron chi connectivity index (χ3n) is 5.68. The van der Waals surface area contributed by atoms with Crippen molar-refractivity contribution in [2.45, 2.75) is 0 Å². The highest BCUT2D eigenvalue weighted by atomic mass is 19.1. The van der Waals surface area contributed by atoms with Gasteiger partial charge in [0.25, 0.3) is 5.91 Å². The second-order valence-corrected chi connectivity index (χ2v) is 8.12. The fourth-order valence-electron chi connectivity index (χ4n) is 3.95.